The van der Waals surface area contributed by atoms with E-state index in [9.17, 15) is 0 Å². The molecule has 0 bridgehead atoms. The number of nitrogens with one attached hydrogen (secondary N) is 1. The number of hydrogen-bond donors (Lipinski definition) is 1. The fourth-order valence-corrected chi connectivity index (χ4v) is 1.92. The van der Waals surface area contributed by atoms with Crippen molar-refractivity contribution in [2.45, 2.75) is 52.6 Å². The number of aromatic nitrogens is 1. The lowest BCUT2D eigenvalue weighted by Gasteiger charge is -2.19. The molecular formula is C17H24N2O2. The zero-order valence-electron chi connectivity index (χ0n) is 13.4. The Balaban J connectivity index is 2.06. The zero-order chi connectivity index (χ0) is 15.5. The summed E-state index contributed by atoms with van der Waals surface area (Å²) in [5, 5.41) is 3.37. The molecule has 0 fully saturated rings. The maximum atomic E-state index is 5.78. The van der Waals surface area contributed by atoms with Gasteiger partial charge >= 0.3 is 6.08 Å². The highest BCUT2D eigenvalue weighted by Gasteiger charge is 2.13. The quantitative estimate of drug-likeness (QED) is 0.881. The minimum Gasteiger partial charge on any atom is -0.417 e. The molecule has 1 N–H and O–H groups in total. The van der Waals surface area contributed by atoms with Crippen molar-refractivity contribution in [1.82, 2.24) is 10.3 Å². The summed E-state index contributed by atoms with van der Waals surface area (Å²) in [7, 11) is 0. The first-order valence-corrected chi connectivity index (χ1v) is 7.31. The first-order valence-electron chi connectivity index (χ1n) is 7.31. The summed E-state index contributed by atoms with van der Waals surface area (Å²) >= 11 is 0. The lowest BCUT2D eigenvalue weighted by Crippen LogP contribution is -2.35. The standard InChI is InChI=1S/C17H24N2O2/c1-12(2)14-8-6-7-9-15(14)21-16-19-13(11-20-16)10-18-17(3,4)5/h6-9,11-12,18H,10H2,1-5H3. The SMILES string of the molecule is CC(C)c1ccccc1Oc1nc(CNC(C)(C)C)co1. The van der Waals surface area contributed by atoms with E-state index in [1.54, 1.807) is 6.26 Å². The van der Waals surface area contributed by atoms with Crippen molar-refractivity contribution in [2.75, 3.05) is 0 Å². The van der Waals surface area contributed by atoms with Gasteiger partial charge in [-0.3, -0.25) is 0 Å². The summed E-state index contributed by atoms with van der Waals surface area (Å²) in [5.41, 5.74) is 2.02. The monoisotopic (exact) mass is 288 g/mol. The number of nitrogens with zero attached hydrogens (tertiary/aromatic N) is 1. The summed E-state index contributed by atoms with van der Waals surface area (Å²) in [6, 6.07) is 7.96. The first kappa shape index (κ1) is 15.6. The summed E-state index contributed by atoms with van der Waals surface area (Å²) in [5.74, 6) is 1.18. The predicted octanol–water partition coefficient (Wildman–Crippen LogP) is 4.48. The minimum atomic E-state index is 0.0458. The van der Waals surface area contributed by atoms with E-state index in [0.29, 0.717) is 12.5 Å². The second-order valence-corrected chi connectivity index (χ2v) is 6.50. The summed E-state index contributed by atoms with van der Waals surface area (Å²) < 4.78 is 11.2. The van der Waals surface area contributed by atoms with Crippen LogP contribution in [0.4, 0.5) is 0 Å². The molecule has 0 unspecified atom stereocenters. The molecule has 0 spiro atoms. The molecule has 0 aliphatic heterocycles. The second kappa shape index (κ2) is 6.31. The summed E-state index contributed by atoms with van der Waals surface area (Å²) in [4.78, 5) is 4.36. The van der Waals surface area contributed by atoms with Gasteiger partial charge in [-0.15, -0.1) is 0 Å². The molecule has 1 heterocycles. The van der Waals surface area contributed by atoms with Gasteiger partial charge in [0.15, 0.2) is 0 Å². The van der Waals surface area contributed by atoms with E-state index in [4.69, 9.17) is 9.15 Å². The largest absolute Gasteiger partial charge is 0.417 e. The molecule has 4 heteroatoms. The molecule has 1 aromatic carbocycles. The van der Waals surface area contributed by atoms with Crippen LogP contribution in [-0.2, 0) is 6.54 Å². The predicted molar refractivity (Wildman–Crippen MR) is 83.7 cm³/mol. The Labute approximate surface area is 126 Å². The number of ether oxygens (including phenoxy) is 1. The lowest BCUT2D eigenvalue weighted by atomic mass is 10.0. The average Bonchev–Trinajstić information content (AvgIpc) is 2.84. The van der Waals surface area contributed by atoms with Gasteiger partial charge in [0.2, 0.25) is 0 Å². The van der Waals surface area contributed by atoms with Crippen molar-refractivity contribution in [3.05, 3.63) is 41.8 Å². The van der Waals surface area contributed by atoms with Crippen LogP contribution >= 0.6 is 0 Å². The highest BCUT2D eigenvalue weighted by molar-refractivity contribution is 5.37. The molecule has 0 atom stereocenters. The minimum absolute atomic E-state index is 0.0458. The number of para-hydroxylation sites is 1. The van der Waals surface area contributed by atoms with Crippen LogP contribution in [0.15, 0.2) is 34.9 Å². The van der Waals surface area contributed by atoms with Crippen molar-refractivity contribution >= 4 is 0 Å². The molecule has 1 aromatic heterocycles. The van der Waals surface area contributed by atoms with Gasteiger partial charge in [-0.05, 0) is 38.3 Å². The van der Waals surface area contributed by atoms with Gasteiger partial charge in [-0.25, -0.2) is 0 Å². The Kier molecular flexibility index (Phi) is 4.68. The van der Waals surface area contributed by atoms with Crippen molar-refractivity contribution in [1.29, 1.82) is 0 Å². The Morgan fingerprint density at radius 2 is 1.95 bits per heavy atom. The molecule has 2 aromatic rings. The molecule has 0 amide bonds. The van der Waals surface area contributed by atoms with Crippen molar-refractivity contribution < 1.29 is 9.15 Å². The Hall–Kier alpha value is -1.81. The maximum Gasteiger partial charge on any atom is 0.399 e. The van der Waals surface area contributed by atoms with Crippen LogP contribution in [0.25, 0.3) is 0 Å². The van der Waals surface area contributed by atoms with E-state index in [2.05, 4.69) is 51.0 Å². The molecule has 114 valence electrons. The molecule has 4 nitrogen and oxygen atoms in total. The van der Waals surface area contributed by atoms with Crippen LogP contribution < -0.4 is 10.1 Å². The topological polar surface area (TPSA) is 47.3 Å². The molecular weight excluding hydrogens is 264 g/mol. The Bertz CT molecular complexity index is 582. The molecule has 0 radical (unpaired) electrons. The first-order chi connectivity index (χ1) is 9.85. The van der Waals surface area contributed by atoms with Gasteiger partial charge in [-0.1, -0.05) is 32.0 Å². The number of rotatable bonds is 5. The van der Waals surface area contributed by atoms with Gasteiger partial charge in [-0.2, -0.15) is 4.98 Å². The number of hydrogen-bond acceptors (Lipinski definition) is 4. The molecule has 0 aliphatic carbocycles. The fraction of sp³-hybridized carbons (Fsp3) is 0.471. The third-order valence-electron chi connectivity index (χ3n) is 3.07. The Morgan fingerprint density at radius 3 is 2.62 bits per heavy atom. The normalized spacial score (nSPS) is 11.9. The third-order valence-corrected chi connectivity index (χ3v) is 3.07. The van der Waals surface area contributed by atoms with Gasteiger partial charge in [0.1, 0.15) is 12.0 Å². The smallest absolute Gasteiger partial charge is 0.399 e. The van der Waals surface area contributed by atoms with E-state index in [1.165, 1.54) is 0 Å². The van der Waals surface area contributed by atoms with Crippen LogP contribution in [0, 0.1) is 0 Å². The molecule has 0 aliphatic rings. The zero-order valence-corrected chi connectivity index (χ0v) is 13.4. The van der Waals surface area contributed by atoms with Gasteiger partial charge in [0.25, 0.3) is 0 Å². The number of benzene rings is 1. The van der Waals surface area contributed by atoms with E-state index < -0.39 is 0 Å². The average molecular weight is 288 g/mol. The van der Waals surface area contributed by atoms with Crippen LogP contribution in [0.2, 0.25) is 0 Å². The fourth-order valence-electron chi connectivity index (χ4n) is 1.92. The van der Waals surface area contributed by atoms with E-state index >= 15 is 0 Å². The van der Waals surface area contributed by atoms with Crippen molar-refractivity contribution in [2.24, 2.45) is 0 Å². The van der Waals surface area contributed by atoms with Crippen molar-refractivity contribution in [3.8, 4) is 11.8 Å². The molecule has 21 heavy (non-hydrogen) atoms. The van der Waals surface area contributed by atoms with Crippen LogP contribution in [-0.4, -0.2) is 10.5 Å². The van der Waals surface area contributed by atoms with Gasteiger partial charge in [0.05, 0.1) is 5.69 Å². The summed E-state index contributed by atoms with van der Waals surface area (Å²) in [6.07, 6.45) is 1.92. The van der Waals surface area contributed by atoms with Crippen molar-refractivity contribution in [3.63, 3.8) is 0 Å². The third kappa shape index (κ3) is 4.60. The van der Waals surface area contributed by atoms with E-state index in [0.717, 1.165) is 17.0 Å². The van der Waals surface area contributed by atoms with Crippen LogP contribution in [0.1, 0.15) is 51.8 Å². The maximum absolute atomic E-state index is 5.78. The highest BCUT2D eigenvalue weighted by Crippen LogP contribution is 2.29. The van der Waals surface area contributed by atoms with E-state index in [-0.39, 0.29) is 11.6 Å². The molecule has 2 rings (SSSR count). The van der Waals surface area contributed by atoms with E-state index in [1.807, 2.05) is 18.2 Å². The Morgan fingerprint density at radius 1 is 1.24 bits per heavy atom. The lowest BCUT2D eigenvalue weighted by molar-refractivity contribution is 0.327. The highest BCUT2D eigenvalue weighted by atomic mass is 16.6. The molecule has 0 saturated carbocycles. The molecule has 0 saturated heterocycles. The van der Waals surface area contributed by atoms with Gasteiger partial charge in [0, 0.05) is 12.1 Å². The number of oxazole rings is 1. The second-order valence-electron chi connectivity index (χ2n) is 6.50. The van der Waals surface area contributed by atoms with Gasteiger partial charge < -0.3 is 14.5 Å². The van der Waals surface area contributed by atoms with Crippen LogP contribution in [0.5, 0.6) is 11.8 Å². The van der Waals surface area contributed by atoms with Crippen LogP contribution in [0.3, 0.4) is 0 Å². The summed E-state index contributed by atoms with van der Waals surface area (Å²) in [6.45, 7) is 11.3.